The number of rotatable bonds is 4. The molecule has 0 unspecified atom stereocenters. The van der Waals surface area contributed by atoms with Gasteiger partial charge < -0.3 is 9.88 Å². The Bertz CT molecular complexity index is 627. The number of hydrogen-bond donors (Lipinski definition) is 1. The third-order valence-electron chi connectivity index (χ3n) is 2.43. The summed E-state index contributed by atoms with van der Waals surface area (Å²) in [5.41, 5.74) is -0.00275. The fraction of sp³-hybridized carbons (Fsp3) is 0.333. The van der Waals surface area contributed by atoms with Gasteiger partial charge in [-0.25, -0.2) is 4.98 Å². The Hall–Kier alpha value is -2.29. The van der Waals surface area contributed by atoms with E-state index in [4.69, 9.17) is 11.6 Å². The van der Waals surface area contributed by atoms with Crippen molar-refractivity contribution in [3.05, 3.63) is 33.2 Å². The smallest absolute Gasteiger partial charge is 0.332 e. The van der Waals surface area contributed by atoms with Crippen molar-refractivity contribution in [2.45, 2.75) is 13.5 Å². The maximum Gasteiger partial charge on any atom is 0.332 e. The molecule has 0 aromatic carbocycles. The summed E-state index contributed by atoms with van der Waals surface area (Å²) in [7, 11) is 1.77. The standard InChI is InChI=1S/C9H10ClN7O2/c1-5-7(17(18)19)8(14-9(10)13-5)11-3-6-15-12-4-16(6)2/h4H,3H2,1-2H3,(H,11,13,14). The minimum absolute atomic E-state index is 0.0523. The van der Waals surface area contributed by atoms with Crippen molar-refractivity contribution in [2.75, 3.05) is 5.32 Å². The summed E-state index contributed by atoms with van der Waals surface area (Å²) in [4.78, 5) is 18.0. The van der Waals surface area contributed by atoms with Gasteiger partial charge >= 0.3 is 5.69 Å². The molecule has 19 heavy (non-hydrogen) atoms. The van der Waals surface area contributed by atoms with E-state index in [2.05, 4.69) is 25.5 Å². The summed E-state index contributed by atoms with van der Waals surface area (Å²) in [6.45, 7) is 1.74. The predicted octanol–water partition coefficient (Wildman–Crippen LogP) is 1.09. The van der Waals surface area contributed by atoms with Gasteiger partial charge in [-0.2, -0.15) is 4.98 Å². The fourth-order valence-electron chi connectivity index (χ4n) is 1.50. The maximum atomic E-state index is 11.0. The number of hydrogen-bond acceptors (Lipinski definition) is 7. The predicted molar refractivity (Wildman–Crippen MR) is 66.8 cm³/mol. The van der Waals surface area contributed by atoms with Crippen LogP contribution in [0.2, 0.25) is 5.28 Å². The highest BCUT2D eigenvalue weighted by Crippen LogP contribution is 2.26. The van der Waals surface area contributed by atoms with Crippen LogP contribution in [0.4, 0.5) is 11.5 Å². The minimum Gasteiger partial charge on any atom is -0.357 e. The van der Waals surface area contributed by atoms with Gasteiger partial charge in [-0.3, -0.25) is 10.1 Å². The first kappa shape index (κ1) is 13.1. The molecule has 2 rings (SSSR count). The van der Waals surface area contributed by atoms with Crippen molar-refractivity contribution >= 4 is 23.1 Å². The van der Waals surface area contributed by atoms with Crippen LogP contribution in [0, 0.1) is 17.0 Å². The van der Waals surface area contributed by atoms with E-state index >= 15 is 0 Å². The maximum absolute atomic E-state index is 11.0. The molecule has 0 bridgehead atoms. The van der Waals surface area contributed by atoms with Gasteiger partial charge in [0.05, 0.1) is 11.5 Å². The zero-order valence-electron chi connectivity index (χ0n) is 10.2. The average molecular weight is 284 g/mol. The van der Waals surface area contributed by atoms with E-state index < -0.39 is 4.92 Å². The quantitative estimate of drug-likeness (QED) is 0.507. The van der Waals surface area contributed by atoms with E-state index in [1.807, 2.05) is 0 Å². The van der Waals surface area contributed by atoms with E-state index in [-0.39, 0.29) is 29.0 Å². The molecular formula is C9H10ClN7O2. The summed E-state index contributed by atoms with van der Waals surface area (Å²) in [6.07, 6.45) is 1.53. The lowest BCUT2D eigenvalue weighted by Gasteiger charge is -2.07. The molecule has 100 valence electrons. The zero-order valence-corrected chi connectivity index (χ0v) is 10.9. The van der Waals surface area contributed by atoms with Crippen LogP contribution in [0.5, 0.6) is 0 Å². The van der Waals surface area contributed by atoms with Crippen molar-refractivity contribution < 1.29 is 4.92 Å². The number of halogens is 1. The molecule has 2 heterocycles. The molecule has 0 aliphatic rings. The van der Waals surface area contributed by atoms with E-state index in [1.165, 1.54) is 13.3 Å². The van der Waals surface area contributed by atoms with E-state index in [9.17, 15) is 10.1 Å². The first-order chi connectivity index (χ1) is 8.99. The summed E-state index contributed by atoms with van der Waals surface area (Å²) in [6, 6.07) is 0. The van der Waals surface area contributed by atoms with Crippen molar-refractivity contribution in [3.8, 4) is 0 Å². The third-order valence-corrected chi connectivity index (χ3v) is 2.60. The molecule has 0 amide bonds. The Morgan fingerprint density at radius 3 is 2.84 bits per heavy atom. The number of aryl methyl sites for hydroxylation is 2. The molecule has 0 atom stereocenters. The molecule has 2 aromatic heterocycles. The highest BCUT2D eigenvalue weighted by atomic mass is 35.5. The summed E-state index contributed by atoms with van der Waals surface area (Å²) in [5.74, 6) is 0.673. The second-order valence-corrected chi connectivity index (χ2v) is 4.08. The van der Waals surface area contributed by atoms with Gasteiger partial charge in [0, 0.05) is 7.05 Å². The Labute approximate surface area is 112 Å². The molecule has 10 heteroatoms. The molecule has 0 fully saturated rings. The molecule has 2 aromatic rings. The second kappa shape index (κ2) is 5.14. The topological polar surface area (TPSA) is 112 Å². The largest absolute Gasteiger partial charge is 0.357 e. The lowest BCUT2D eigenvalue weighted by Crippen LogP contribution is -2.10. The van der Waals surface area contributed by atoms with Gasteiger partial charge in [-0.1, -0.05) is 0 Å². The minimum atomic E-state index is -0.551. The molecule has 1 N–H and O–H groups in total. The normalized spacial score (nSPS) is 10.5. The average Bonchev–Trinajstić information content (AvgIpc) is 2.70. The Kier molecular flexibility index (Phi) is 3.56. The lowest BCUT2D eigenvalue weighted by molar-refractivity contribution is -0.385. The summed E-state index contributed by atoms with van der Waals surface area (Å²) < 4.78 is 1.69. The number of aromatic nitrogens is 5. The van der Waals surface area contributed by atoms with Crippen LogP contribution >= 0.6 is 11.6 Å². The van der Waals surface area contributed by atoms with Crippen molar-refractivity contribution in [2.24, 2.45) is 7.05 Å². The van der Waals surface area contributed by atoms with Crippen LogP contribution in [0.25, 0.3) is 0 Å². The molecule has 0 spiro atoms. The van der Waals surface area contributed by atoms with Crippen LogP contribution in [0.15, 0.2) is 6.33 Å². The van der Waals surface area contributed by atoms with Crippen molar-refractivity contribution in [3.63, 3.8) is 0 Å². The van der Waals surface area contributed by atoms with Crippen molar-refractivity contribution in [1.29, 1.82) is 0 Å². The second-order valence-electron chi connectivity index (χ2n) is 3.74. The van der Waals surface area contributed by atoms with Crippen LogP contribution in [0.3, 0.4) is 0 Å². The Morgan fingerprint density at radius 2 is 2.26 bits per heavy atom. The van der Waals surface area contributed by atoms with Gasteiger partial charge in [0.25, 0.3) is 0 Å². The van der Waals surface area contributed by atoms with Crippen LogP contribution < -0.4 is 5.32 Å². The number of nitrogens with one attached hydrogen (secondary N) is 1. The fourth-order valence-corrected chi connectivity index (χ4v) is 1.72. The first-order valence-corrected chi connectivity index (χ1v) is 5.62. The van der Waals surface area contributed by atoms with E-state index in [0.717, 1.165) is 0 Å². The lowest BCUT2D eigenvalue weighted by atomic mass is 10.3. The highest BCUT2D eigenvalue weighted by molar-refractivity contribution is 6.28. The monoisotopic (exact) mass is 283 g/mol. The first-order valence-electron chi connectivity index (χ1n) is 5.24. The Morgan fingerprint density at radius 1 is 1.53 bits per heavy atom. The van der Waals surface area contributed by atoms with Gasteiger partial charge in [-0.15, -0.1) is 10.2 Å². The number of anilines is 1. The molecule has 0 saturated heterocycles. The summed E-state index contributed by atoms with van der Waals surface area (Å²) in [5, 5.41) is 21.3. The highest BCUT2D eigenvalue weighted by Gasteiger charge is 2.21. The number of nitro groups is 1. The molecule has 0 saturated carbocycles. The molecule has 9 nitrogen and oxygen atoms in total. The van der Waals surface area contributed by atoms with Gasteiger partial charge in [-0.05, 0) is 18.5 Å². The van der Waals surface area contributed by atoms with Crippen LogP contribution in [-0.2, 0) is 13.6 Å². The summed E-state index contributed by atoms with van der Waals surface area (Å²) >= 11 is 5.70. The zero-order chi connectivity index (χ0) is 14.0. The Balaban J connectivity index is 2.29. The number of nitrogens with zero attached hydrogens (tertiary/aromatic N) is 6. The molecule has 0 aliphatic carbocycles. The molecule has 0 aliphatic heterocycles. The van der Waals surface area contributed by atoms with Crippen molar-refractivity contribution in [1.82, 2.24) is 24.7 Å². The molecule has 0 radical (unpaired) electrons. The van der Waals surface area contributed by atoms with Crippen LogP contribution in [-0.4, -0.2) is 29.7 Å². The van der Waals surface area contributed by atoms with Gasteiger partial charge in [0.2, 0.25) is 11.1 Å². The van der Waals surface area contributed by atoms with Gasteiger partial charge in [0.15, 0.2) is 5.82 Å². The van der Waals surface area contributed by atoms with E-state index in [1.54, 1.807) is 11.6 Å². The van der Waals surface area contributed by atoms with E-state index in [0.29, 0.717) is 5.82 Å². The SMILES string of the molecule is Cc1nc(Cl)nc(NCc2nncn2C)c1[N+](=O)[O-]. The van der Waals surface area contributed by atoms with Gasteiger partial charge in [0.1, 0.15) is 12.0 Å². The van der Waals surface area contributed by atoms with Crippen LogP contribution in [0.1, 0.15) is 11.5 Å². The molecular weight excluding hydrogens is 274 g/mol. The third kappa shape index (κ3) is 2.76.